The highest BCUT2D eigenvalue weighted by Crippen LogP contribution is 2.32. The van der Waals surface area contributed by atoms with Gasteiger partial charge in [0.15, 0.2) is 5.75 Å². The molecule has 0 aromatic heterocycles. The monoisotopic (exact) mass is 476 g/mol. The Hall–Kier alpha value is -3.42. The zero-order chi connectivity index (χ0) is 24.8. The van der Waals surface area contributed by atoms with Crippen LogP contribution in [-0.4, -0.2) is 35.7 Å². The number of hydrogen-bond acceptors (Lipinski definition) is 4. The largest absolute Gasteiger partial charge is 0.455 e. The van der Waals surface area contributed by atoms with E-state index in [-0.39, 0.29) is 0 Å². The van der Waals surface area contributed by atoms with Crippen LogP contribution < -0.4 is 15.4 Å². The summed E-state index contributed by atoms with van der Waals surface area (Å²) in [5.74, 6) is 0.822. The van der Waals surface area contributed by atoms with Gasteiger partial charge in [0.05, 0.1) is 5.69 Å². The van der Waals surface area contributed by atoms with Crippen LogP contribution in [0.3, 0.4) is 0 Å². The molecular weight excluding hydrogens is 443 g/mol. The van der Waals surface area contributed by atoms with Gasteiger partial charge in [-0.1, -0.05) is 25.1 Å². The number of nitrogens with zero attached hydrogens (tertiary/aromatic N) is 2. The smallest absolute Gasteiger partial charge is 0.323 e. The zero-order valence-electron chi connectivity index (χ0n) is 20.6. The van der Waals surface area contributed by atoms with Gasteiger partial charge in [-0.3, -0.25) is 0 Å². The van der Waals surface area contributed by atoms with Crippen molar-refractivity contribution in [2.75, 3.05) is 30.3 Å². The van der Waals surface area contributed by atoms with E-state index < -0.39 is 11.8 Å². The van der Waals surface area contributed by atoms with Crippen LogP contribution in [0.15, 0.2) is 60.7 Å². The van der Waals surface area contributed by atoms with Crippen molar-refractivity contribution in [2.45, 2.75) is 40.2 Å². The molecule has 0 spiro atoms. The van der Waals surface area contributed by atoms with E-state index >= 15 is 0 Å². The summed E-state index contributed by atoms with van der Waals surface area (Å²) in [5, 5.41) is 10.3. The quantitative estimate of drug-likeness (QED) is 0.379. The Balaban J connectivity index is 1.57. The van der Waals surface area contributed by atoms with Crippen molar-refractivity contribution >= 4 is 17.4 Å². The van der Waals surface area contributed by atoms with Gasteiger partial charge in [0.25, 0.3) is 0 Å². The van der Waals surface area contributed by atoms with Crippen molar-refractivity contribution in [2.24, 2.45) is 0 Å². The summed E-state index contributed by atoms with van der Waals surface area (Å²) in [6.07, 6.45) is 2.43. The molecule has 3 aromatic rings. The van der Waals surface area contributed by atoms with Crippen LogP contribution in [0.25, 0.3) is 0 Å². The van der Waals surface area contributed by atoms with Crippen molar-refractivity contribution in [1.29, 1.82) is 0 Å². The van der Waals surface area contributed by atoms with Gasteiger partial charge < -0.3 is 15.4 Å². The molecule has 6 nitrogen and oxygen atoms in total. The molecule has 0 radical (unpaired) electrons. The molecule has 7 heteroatoms. The number of anilines is 2. The standard InChI is InChI=1S/C28H33FN4O2/c1-4-32(33-14-5-6-15-33)19-22-11-13-27(35-25-12-10-20(2)21(3)16-25)26(17-22)31-28(34)30-24-9-7-8-23(29)18-24/h7-13,16-18H,4-6,14-15,19H2,1-3H3,(H2,30,31,34). The number of nitrogens with one attached hydrogen (secondary N) is 2. The third-order valence-corrected chi connectivity index (χ3v) is 6.29. The highest BCUT2D eigenvalue weighted by atomic mass is 19.1. The molecule has 2 amide bonds. The van der Waals surface area contributed by atoms with Crippen LogP contribution >= 0.6 is 0 Å². The topological polar surface area (TPSA) is 56.8 Å². The molecule has 35 heavy (non-hydrogen) atoms. The maximum absolute atomic E-state index is 13.5. The van der Waals surface area contributed by atoms with E-state index in [1.165, 1.54) is 30.5 Å². The van der Waals surface area contributed by atoms with Crippen LogP contribution in [0.4, 0.5) is 20.6 Å². The van der Waals surface area contributed by atoms with E-state index in [2.05, 4.69) is 34.5 Å². The number of urea groups is 1. The maximum atomic E-state index is 13.5. The second kappa shape index (κ2) is 11.3. The summed E-state index contributed by atoms with van der Waals surface area (Å²) in [7, 11) is 0. The molecule has 184 valence electrons. The third kappa shape index (κ3) is 6.59. The van der Waals surface area contributed by atoms with Gasteiger partial charge in [-0.25, -0.2) is 19.2 Å². The van der Waals surface area contributed by atoms with Gasteiger partial charge in [-0.05, 0) is 85.8 Å². The lowest BCUT2D eigenvalue weighted by Crippen LogP contribution is -2.39. The van der Waals surface area contributed by atoms with Gasteiger partial charge in [0.2, 0.25) is 0 Å². The lowest BCUT2D eigenvalue weighted by Gasteiger charge is -2.30. The van der Waals surface area contributed by atoms with E-state index in [4.69, 9.17) is 4.74 Å². The third-order valence-electron chi connectivity index (χ3n) is 6.29. The van der Waals surface area contributed by atoms with Gasteiger partial charge in [-0.15, -0.1) is 0 Å². The number of hydrazine groups is 1. The van der Waals surface area contributed by atoms with E-state index in [0.29, 0.717) is 22.9 Å². The number of rotatable bonds is 8. The van der Waals surface area contributed by atoms with E-state index in [9.17, 15) is 9.18 Å². The maximum Gasteiger partial charge on any atom is 0.323 e. The Morgan fingerprint density at radius 2 is 1.80 bits per heavy atom. The number of halogens is 1. The number of amides is 2. The van der Waals surface area contributed by atoms with Gasteiger partial charge in [-0.2, -0.15) is 0 Å². The van der Waals surface area contributed by atoms with Crippen molar-refractivity contribution in [3.63, 3.8) is 0 Å². The van der Waals surface area contributed by atoms with Crippen molar-refractivity contribution in [1.82, 2.24) is 10.0 Å². The van der Waals surface area contributed by atoms with Crippen molar-refractivity contribution in [3.8, 4) is 11.5 Å². The highest BCUT2D eigenvalue weighted by molar-refractivity contribution is 6.00. The summed E-state index contributed by atoms with van der Waals surface area (Å²) in [6, 6.07) is 17.1. The molecule has 0 saturated carbocycles. The number of carbonyl (C=O) groups is 1. The van der Waals surface area contributed by atoms with E-state index in [1.807, 2.05) is 43.3 Å². The number of carbonyl (C=O) groups excluding carboxylic acids is 1. The summed E-state index contributed by atoms with van der Waals surface area (Å²) >= 11 is 0. The molecule has 1 aliphatic heterocycles. The molecule has 1 fully saturated rings. The molecule has 0 atom stereocenters. The number of ether oxygens (including phenoxy) is 1. The number of benzene rings is 3. The molecule has 0 bridgehead atoms. The molecule has 4 rings (SSSR count). The lowest BCUT2D eigenvalue weighted by molar-refractivity contribution is -0.00642. The number of aryl methyl sites for hydroxylation is 2. The normalized spacial score (nSPS) is 13.7. The van der Waals surface area contributed by atoms with Gasteiger partial charge in [0, 0.05) is 31.9 Å². The first-order chi connectivity index (χ1) is 16.9. The van der Waals surface area contributed by atoms with Crippen LogP contribution in [0, 0.1) is 19.7 Å². The van der Waals surface area contributed by atoms with Crippen molar-refractivity contribution < 1.29 is 13.9 Å². The molecule has 1 saturated heterocycles. The molecule has 1 heterocycles. The fraction of sp³-hybridized carbons (Fsp3) is 0.321. The second-order valence-corrected chi connectivity index (χ2v) is 8.91. The van der Waals surface area contributed by atoms with Crippen molar-refractivity contribution in [3.05, 3.63) is 83.2 Å². The number of hydrogen-bond donors (Lipinski definition) is 2. The molecule has 0 aliphatic carbocycles. The Morgan fingerprint density at radius 1 is 1.00 bits per heavy atom. The first-order valence-electron chi connectivity index (χ1n) is 12.1. The minimum Gasteiger partial charge on any atom is -0.455 e. The fourth-order valence-corrected chi connectivity index (χ4v) is 4.22. The molecule has 3 aromatic carbocycles. The Bertz CT molecular complexity index is 1180. The van der Waals surface area contributed by atoms with E-state index in [1.54, 1.807) is 12.1 Å². The summed E-state index contributed by atoms with van der Waals surface area (Å²) in [5.41, 5.74) is 4.30. The summed E-state index contributed by atoms with van der Waals surface area (Å²) in [6.45, 7) is 10.0. The predicted octanol–water partition coefficient (Wildman–Crippen LogP) is 6.71. The minimum atomic E-state index is -0.468. The molecule has 0 unspecified atom stereocenters. The average molecular weight is 477 g/mol. The molecule has 2 N–H and O–H groups in total. The Labute approximate surface area is 206 Å². The highest BCUT2D eigenvalue weighted by Gasteiger charge is 2.19. The summed E-state index contributed by atoms with van der Waals surface area (Å²) in [4.78, 5) is 12.8. The first kappa shape index (κ1) is 24.7. The predicted molar refractivity (Wildman–Crippen MR) is 138 cm³/mol. The van der Waals surface area contributed by atoms with Gasteiger partial charge >= 0.3 is 6.03 Å². The van der Waals surface area contributed by atoms with Crippen LogP contribution in [-0.2, 0) is 6.54 Å². The first-order valence-corrected chi connectivity index (χ1v) is 12.1. The van der Waals surface area contributed by atoms with Crippen LogP contribution in [0.2, 0.25) is 0 Å². The Kier molecular flexibility index (Phi) is 8.00. The average Bonchev–Trinajstić information content (AvgIpc) is 3.36. The SMILES string of the molecule is CCN(Cc1ccc(Oc2ccc(C)c(C)c2)c(NC(=O)Nc2cccc(F)c2)c1)N1CCCC1. The fourth-order valence-electron chi connectivity index (χ4n) is 4.22. The molecular formula is C28H33FN4O2. The van der Waals surface area contributed by atoms with Crippen LogP contribution in [0.5, 0.6) is 11.5 Å². The Morgan fingerprint density at radius 3 is 2.51 bits per heavy atom. The van der Waals surface area contributed by atoms with E-state index in [0.717, 1.165) is 37.3 Å². The molecule has 1 aliphatic rings. The zero-order valence-corrected chi connectivity index (χ0v) is 20.6. The second-order valence-electron chi connectivity index (χ2n) is 8.91. The lowest BCUT2D eigenvalue weighted by atomic mass is 10.1. The van der Waals surface area contributed by atoms with Crippen LogP contribution in [0.1, 0.15) is 36.5 Å². The summed E-state index contributed by atoms with van der Waals surface area (Å²) < 4.78 is 19.7. The van der Waals surface area contributed by atoms with Gasteiger partial charge in [0.1, 0.15) is 11.6 Å². The minimum absolute atomic E-state index is 0.376.